The Morgan fingerprint density at radius 3 is 2.44 bits per heavy atom. The second kappa shape index (κ2) is 6.62. The summed E-state index contributed by atoms with van der Waals surface area (Å²) in [6.07, 6.45) is 1.87. The van der Waals surface area contributed by atoms with Crippen LogP contribution in [-0.2, 0) is 16.6 Å². The standard InChI is InChI=1S/C18H22N4O2S/c1-4-22(17-9-10-17)25(23,24)18-13(2)20-21(14(18)3)12-16-7-5-15(11-19)6-8-16/h5-8,17H,4,9-10,12H2,1-3H3. The third-order valence-electron chi connectivity index (χ3n) is 4.56. The van der Waals surface area contributed by atoms with Crippen LogP contribution < -0.4 is 0 Å². The number of nitriles is 1. The molecule has 7 heteroatoms. The van der Waals surface area contributed by atoms with Crippen LogP contribution in [0.2, 0.25) is 0 Å². The smallest absolute Gasteiger partial charge is 0.246 e. The van der Waals surface area contributed by atoms with Gasteiger partial charge in [0, 0.05) is 12.6 Å². The highest BCUT2D eigenvalue weighted by Gasteiger charge is 2.39. The van der Waals surface area contributed by atoms with Crippen LogP contribution in [0, 0.1) is 25.2 Å². The highest BCUT2D eigenvalue weighted by molar-refractivity contribution is 7.89. The van der Waals surface area contributed by atoms with Crippen molar-refractivity contribution >= 4 is 10.0 Å². The molecule has 1 saturated carbocycles. The molecule has 0 unspecified atom stereocenters. The Morgan fingerprint density at radius 1 is 1.28 bits per heavy atom. The number of rotatable bonds is 6. The van der Waals surface area contributed by atoms with Crippen LogP contribution >= 0.6 is 0 Å². The monoisotopic (exact) mass is 358 g/mol. The van der Waals surface area contributed by atoms with Crippen molar-refractivity contribution < 1.29 is 8.42 Å². The van der Waals surface area contributed by atoms with Gasteiger partial charge in [-0.25, -0.2) is 8.42 Å². The fraction of sp³-hybridized carbons (Fsp3) is 0.444. The Kier molecular flexibility index (Phi) is 4.67. The molecule has 0 atom stereocenters. The molecule has 1 fully saturated rings. The molecule has 1 aromatic heterocycles. The minimum Gasteiger partial charge on any atom is -0.264 e. The predicted octanol–water partition coefficient (Wildman–Crippen LogP) is 2.59. The molecule has 1 heterocycles. The molecule has 0 bridgehead atoms. The first-order valence-electron chi connectivity index (χ1n) is 8.43. The summed E-state index contributed by atoms with van der Waals surface area (Å²) < 4.78 is 29.5. The summed E-state index contributed by atoms with van der Waals surface area (Å²) in [4.78, 5) is 0.329. The van der Waals surface area contributed by atoms with E-state index in [-0.39, 0.29) is 6.04 Å². The van der Waals surface area contributed by atoms with Crippen LogP contribution in [0.1, 0.15) is 42.3 Å². The third kappa shape index (κ3) is 3.32. The molecule has 2 aromatic rings. The zero-order valence-electron chi connectivity index (χ0n) is 14.7. The van der Waals surface area contributed by atoms with E-state index in [9.17, 15) is 8.42 Å². The number of hydrogen-bond acceptors (Lipinski definition) is 4. The zero-order valence-corrected chi connectivity index (χ0v) is 15.5. The predicted molar refractivity (Wildman–Crippen MR) is 94.5 cm³/mol. The lowest BCUT2D eigenvalue weighted by molar-refractivity contribution is 0.420. The molecule has 0 radical (unpaired) electrons. The summed E-state index contributed by atoms with van der Waals surface area (Å²) >= 11 is 0. The number of sulfonamides is 1. The molecular weight excluding hydrogens is 336 g/mol. The number of aryl methyl sites for hydroxylation is 1. The molecule has 0 aliphatic heterocycles. The summed E-state index contributed by atoms with van der Waals surface area (Å²) in [7, 11) is -3.52. The Labute approximate surface area is 148 Å². The van der Waals surface area contributed by atoms with Crippen molar-refractivity contribution in [2.75, 3.05) is 6.54 Å². The van der Waals surface area contributed by atoms with Gasteiger partial charge in [0.25, 0.3) is 0 Å². The highest BCUT2D eigenvalue weighted by atomic mass is 32.2. The quantitative estimate of drug-likeness (QED) is 0.795. The first-order chi connectivity index (χ1) is 11.9. The maximum Gasteiger partial charge on any atom is 0.246 e. The molecule has 1 aromatic carbocycles. The Bertz CT molecular complexity index is 919. The average molecular weight is 358 g/mol. The average Bonchev–Trinajstić information content (AvgIpc) is 3.35. The van der Waals surface area contributed by atoms with Crippen molar-refractivity contribution in [3.8, 4) is 6.07 Å². The van der Waals surface area contributed by atoms with E-state index in [0.29, 0.717) is 34.9 Å². The van der Waals surface area contributed by atoms with Gasteiger partial charge >= 0.3 is 0 Å². The van der Waals surface area contributed by atoms with Crippen LogP contribution in [0.5, 0.6) is 0 Å². The molecule has 1 aliphatic rings. The molecule has 132 valence electrons. The normalized spacial score (nSPS) is 14.7. The Hall–Kier alpha value is -2.17. The van der Waals surface area contributed by atoms with Gasteiger partial charge in [0.2, 0.25) is 10.0 Å². The zero-order chi connectivity index (χ0) is 18.2. The van der Waals surface area contributed by atoms with E-state index in [1.165, 1.54) is 0 Å². The molecular formula is C18H22N4O2S. The van der Waals surface area contributed by atoms with Crippen molar-refractivity contribution in [3.05, 3.63) is 46.8 Å². The fourth-order valence-corrected chi connectivity index (χ4v) is 5.24. The molecule has 25 heavy (non-hydrogen) atoms. The van der Waals surface area contributed by atoms with Gasteiger partial charge in [0.15, 0.2) is 0 Å². The van der Waals surface area contributed by atoms with Gasteiger partial charge in [-0.2, -0.15) is 14.7 Å². The summed E-state index contributed by atoms with van der Waals surface area (Å²) in [5.41, 5.74) is 2.76. The van der Waals surface area contributed by atoms with Gasteiger partial charge in [-0.05, 0) is 44.4 Å². The first-order valence-corrected chi connectivity index (χ1v) is 9.87. The van der Waals surface area contributed by atoms with E-state index in [4.69, 9.17) is 5.26 Å². The van der Waals surface area contributed by atoms with Gasteiger partial charge in [0.1, 0.15) is 4.90 Å². The van der Waals surface area contributed by atoms with Crippen LogP contribution in [0.4, 0.5) is 0 Å². The van der Waals surface area contributed by atoms with Gasteiger partial charge in [-0.15, -0.1) is 0 Å². The minimum absolute atomic E-state index is 0.135. The van der Waals surface area contributed by atoms with Crippen LogP contribution in [0.15, 0.2) is 29.2 Å². The number of aromatic nitrogens is 2. The SMILES string of the molecule is CCN(C1CC1)S(=O)(=O)c1c(C)nn(Cc2ccc(C#N)cc2)c1C. The van der Waals surface area contributed by atoms with Crippen molar-refractivity contribution in [2.24, 2.45) is 0 Å². The van der Waals surface area contributed by atoms with Gasteiger partial charge in [-0.1, -0.05) is 19.1 Å². The van der Waals surface area contributed by atoms with E-state index >= 15 is 0 Å². The van der Waals surface area contributed by atoms with Crippen molar-refractivity contribution in [1.29, 1.82) is 5.26 Å². The van der Waals surface area contributed by atoms with Crippen molar-refractivity contribution in [3.63, 3.8) is 0 Å². The molecule has 6 nitrogen and oxygen atoms in total. The van der Waals surface area contributed by atoms with Crippen LogP contribution in [-0.4, -0.2) is 35.1 Å². The van der Waals surface area contributed by atoms with E-state index in [1.807, 2.05) is 19.1 Å². The van der Waals surface area contributed by atoms with Gasteiger partial charge in [-0.3, -0.25) is 4.68 Å². The number of nitrogens with zero attached hydrogens (tertiary/aromatic N) is 4. The summed E-state index contributed by atoms with van der Waals surface area (Å²) in [5, 5.41) is 13.3. The largest absolute Gasteiger partial charge is 0.264 e. The van der Waals surface area contributed by atoms with Crippen molar-refractivity contribution in [1.82, 2.24) is 14.1 Å². The lowest BCUT2D eigenvalue weighted by Crippen LogP contribution is -2.33. The van der Waals surface area contributed by atoms with Crippen LogP contribution in [0.25, 0.3) is 0 Å². The lowest BCUT2D eigenvalue weighted by atomic mass is 10.1. The lowest BCUT2D eigenvalue weighted by Gasteiger charge is -2.20. The second-order valence-electron chi connectivity index (χ2n) is 6.41. The maximum atomic E-state index is 13.1. The van der Waals surface area contributed by atoms with E-state index < -0.39 is 10.0 Å². The van der Waals surface area contributed by atoms with Crippen molar-refractivity contribution in [2.45, 2.75) is 51.1 Å². The Morgan fingerprint density at radius 2 is 1.92 bits per heavy atom. The number of benzene rings is 1. The first kappa shape index (κ1) is 17.6. The van der Waals surface area contributed by atoms with Gasteiger partial charge < -0.3 is 0 Å². The summed E-state index contributed by atoms with van der Waals surface area (Å²) in [6.45, 7) is 6.38. The molecule has 3 rings (SSSR count). The molecule has 0 amide bonds. The van der Waals surface area contributed by atoms with Crippen LogP contribution in [0.3, 0.4) is 0 Å². The summed E-state index contributed by atoms with van der Waals surface area (Å²) in [5.74, 6) is 0. The van der Waals surface area contributed by atoms with Gasteiger partial charge in [0.05, 0.1) is 29.6 Å². The topological polar surface area (TPSA) is 79.0 Å². The molecule has 0 saturated heterocycles. The molecule has 0 spiro atoms. The third-order valence-corrected chi connectivity index (χ3v) is 6.84. The van der Waals surface area contributed by atoms with E-state index in [1.54, 1.807) is 35.0 Å². The minimum atomic E-state index is -3.52. The molecule has 1 aliphatic carbocycles. The molecule has 0 N–H and O–H groups in total. The van der Waals surface area contributed by atoms with E-state index in [2.05, 4.69) is 11.2 Å². The number of hydrogen-bond donors (Lipinski definition) is 0. The summed E-state index contributed by atoms with van der Waals surface area (Å²) in [6, 6.07) is 9.47. The Balaban J connectivity index is 1.94. The highest BCUT2D eigenvalue weighted by Crippen LogP contribution is 2.33. The van der Waals surface area contributed by atoms with E-state index in [0.717, 1.165) is 18.4 Å². The second-order valence-corrected chi connectivity index (χ2v) is 8.23. The fourth-order valence-electron chi connectivity index (χ4n) is 3.17. The maximum absolute atomic E-state index is 13.1.